The average molecular weight is 283 g/mol. The first kappa shape index (κ1) is 17.0. The van der Waals surface area contributed by atoms with Gasteiger partial charge in [0.05, 0.1) is 0 Å². The Morgan fingerprint density at radius 3 is 2.30 bits per heavy atom. The SMILES string of the molecule is CC(N)CCCC(C)C(=O)N1CCC(CC(N)=O)CC1. The van der Waals surface area contributed by atoms with Crippen LogP contribution < -0.4 is 11.5 Å². The standard InChI is InChI=1S/C15H29N3O2/c1-11(4-3-5-12(2)16)15(20)18-8-6-13(7-9-18)10-14(17)19/h11-13H,3-10,16H2,1-2H3,(H2,17,19). The van der Waals surface area contributed by atoms with Gasteiger partial charge in [-0.05, 0) is 38.5 Å². The lowest BCUT2D eigenvalue weighted by Gasteiger charge is -2.33. The summed E-state index contributed by atoms with van der Waals surface area (Å²) in [7, 11) is 0. The number of nitrogens with zero attached hydrogens (tertiary/aromatic N) is 1. The van der Waals surface area contributed by atoms with Crippen molar-refractivity contribution in [2.45, 2.75) is 58.4 Å². The molecule has 1 fully saturated rings. The molecule has 0 saturated carbocycles. The van der Waals surface area contributed by atoms with E-state index in [4.69, 9.17) is 11.5 Å². The molecule has 0 radical (unpaired) electrons. The van der Waals surface area contributed by atoms with Crippen LogP contribution in [0.1, 0.15) is 52.4 Å². The summed E-state index contributed by atoms with van der Waals surface area (Å²) in [6, 6.07) is 0.210. The molecular formula is C15H29N3O2. The number of carbonyl (C=O) groups excluding carboxylic acids is 2. The number of amides is 2. The molecule has 1 aliphatic heterocycles. The van der Waals surface area contributed by atoms with Crippen molar-refractivity contribution in [3.63, 3.8) is 0 Å². The van der Waals surface area contributed by atoms with Gasteiger partial charge < -0.3 is 16.4 Å². The normalized spacial score (nSPS) is 19.6. The molecular weight excluding hydrogens is 254 g/mol. The molecule has 0 aromatic rings. The molecule has 5 heteroatoms. The quantitative estimate of drug-likeness (QED) is 0.737. The first-order valence-corrected chi connectivity index (χ1v) is 7.72. The zero-order valence-corrected chi connectivity index (χ0v) is 12.8. The Balaban J connectivity index is 2.29. The number of primary amides is 1. The topological polar surface area (TPSA) is 89.4 Å². The Kier molecular flexibility index (Phi) is 6.99. The van der Waals surface area contributed by atoms with Gasteiger partial charge in [0.15, 0.2) is 0 Å². The molecule has 0 aromatic heterocycles. The molecule has 116 valence electrons. The van der Waals surface area contributed by atoms with E-state index >= 15 is 0 Å². The Morgan fingerprint density at radius 2 is 1.80 bits per heavy atom. The van der Waals surface area contributed by atoms with Crippen molar-refractivity contribution >= 4 is 11.8 Å². The van der Waals surface area contributed by atoms with E-state index in [0.29, 0.717) is 12.3 Å². The minimum absolute atomic E-state index is 0.0708. The lowest BCUT2D eigenvalue weighted by atomic mass is 9.92. The number of nitrogens with two attached hydrogens (primary N) is 2. The highest BCUT2D eigenvalue weighted by atomic mass is 16.2. The van der Waals surface area contributed by atoms with Crippen molar-refractivity contribution < 1.29 is 9.59 Å². The van der Waals surface area contributed by atoms with Crippen LogP contribution in [-0.2, 0) is 9.59 Å². The summed E-state index contributed by atoms with van der Waals surface area (Å²) in [6.07, 6.45) is 5.11. The molecule has 20 heavy (non-hydrogen) atoms. The molecule has 0 bridgehead atoms. The minimum atomic E-state index is -0.237. The highest BCUT2D eigenvalue weighted by Crippen LogP contribution is 2.22. The third kappa shape index (κ3) is 5.90. The van der Waals surface area contributed by atoms with Gasteiger partial charge in [-0.1, -0.05) is 13.3 Å². The Morgan fingerprint density at radius 1 is 1.20 bits per heavy atom. The van der Waals surface area contributed by atoms with Crippen LogP contribution in [0.2, 0.25) is 0 Å². The fourth-order valence-electron chi connectivity index (χ4n) is 2.82. The van der Waals surface area contributed by atoms with E-state index in [1.165, 1.54) is 0 Å². The van der Waals surface area contributed by atoms with Gasteiger partial charge in [0, 0.05) is 31.5 Å². The smallest absolute Gasteiger partial charge is 0.225 e. The fourth-order valence-corrected chi connectivity index (χ4v) is 2.82. The molecule has 0 aromatic carbocycles. The van der Waals surface area contributed by atoms with E-state index in [0.717, 1.165) is 45.2 Å². The maximum atomic E-state index is 12.3. The molecule has 2 unspecified atom stereocenters. The number of hydrogen-bond donors (Lipinski definition) is 2. The van der Waals surface area contributed by atoms with Gasteiger partial charge in [0.25, 0.3) is 0 Å². The van der Waals surface area contributed by atoms with Gasteiger partial charge >= 0.3 is 0 Å². The first-order valence-electron chi connectivity index (χ1n) is 7.72. The number of carbonyl (C=O) groups is 2. The summed E-state index contributed by atoms with van der Waals surface area (Å²) in [6.45, 7) is 5.51. The lowest BCUT2D eigenvalue weighted by Crippen LogP contribution is -2.41. The molecule has 1 aliphatic rings. The van der Waals surface area contributed by atoms with Crippen molar-refractivity contribution in [2.24, 2.45) is 23.3 Å². The summed E-state index contributed by atoms with van der Waals surface area (Å²) in [5.41, 5.74) is 10.9. The molecule has 2 atom stereocenters. The predicted octanol–water partition coefficient (Wildman–Crippen LogP) is 1.25. The van der Waals surface area contributed by atoms with Crippen LogP contribution in [0, 0.1) is 11.8 Å². The van der Waals surface area contributed by atoms with Crippen molar-refractivity contribution in [1.29, 1.82) is 0 Å². The molecule has 0 spiro atoms. The van der Waals surface area contributed by atoms with E-state index in [-0.39, 0.29) is 23.8 Å². The van der Waals surface area contributed by atoms with E-state index < -0.39 is 0 Å². The number of piperidine rings is 1. The monoisotopic (exact) mass is 283 g/mol. The molecule has 5 nitrogen and oxygen atoms in total. The largest absolute Gasteiger partial charge is 0.370 e. The number of likely N-dealkylation sites (tertiary alicyclic amines) is 1. The van der Waals surface area contributed by atoms with Crippen LogP contribution in [0.25, 0.3) is 0 Å². The summed E-state index contributed by atoms with van der Waals surface area (Å²) < 4.78 is 0. The van der Waals surface area contributed by atoms with Crippen molar-refractivity contribution in [3.8, 4) is 0 Å². The van der Waals surface area contributed by atoms with Crippen LogP contribution in [-0.4, -0.2) is 35.8 Å². The lowest BCUT2D eigenvalue weighted by molar-refractivity contribution is -0.136. The van der Waals surface area contributed by atoms with Gasteiger partial charge in [-0.25, -0.2) is 0 Å². The predicted molar refractivity (Wildman–Crippen MR) is 79.8 cm³/mol. The third-order valence-electron chi connectivity index (χ3n) is 4.13. The van der Waals surface area contributed by atoms with Crippen molar-refractivity contribution in [3.05, 3.63) is 0 Å². The van der Waals surface area contributed by atoms with E-state index in [9.17, 15) is 9.59 Å². The summed E-state index contributed by atoms with van der Waals surface area (Å²) >= 11 is 0. The maximum Gasteiger partial charge on any atom is 0.225 e. The van der Waals surface area contributed by atoms with Crippen LogP contribution in [0.5, 0.6) is 0 Å². The van der Waals surface area contributed by atoms with Crippen molar-refractivity contribution in [1.82, 2.24) is 4.90 Å². The molecule has 1 heterocycles. The highest BCUT2D eigenvalue weighted by Gasteiger charge is 2.26. The summed E-state index contributed by atoms with van der Waals surface area (Å²) in [5.74, 6) is 0.428. The van der Waals surface area contributed by atoms with Gasteiger partial charge in [0.2, 0.25) is 11.8 Å². The van der Waals surface area contributed by atoms with Gasteiger partial charge in [-0.15, -0.1) is 0 Å². The van der Waals surface area contributed by atoms with Crippen molar-refractivity contribution in [2.75, 3.05) is 13.1 Å². The van der Waals surface area contributed by atoms with Crippen LogP contribution in [0.4, 0.5) is 0 Å². The van der Waals surface area contributed by atoms with Crippen LogP contribution in [0.3, 0.4) is 0 Å². The zero-order chi connectivity index (χ0) is 15.1. The first-order chi connectivity index (χ1) is 9.40. The zero-order valence-electron chi connectivity index (χ0n) is 12.8. The number of hydrogen-bond acceptors (Lipinski definition) is 3. The molecule has 0 aliphatic carbocycles. The second kappa shape index (κ2) is 8.25. The summed E-state index contributed by atoms with van der Waals surface area (Å²) in [5, 5.41) is 0. The minimum Gasteiger partial charge on any atom is -0.370 e. The van der Waals surface area contributed by atoms with E-state index in [1.807, 2.05) is 18.7 Å². The molecule has 1 rings (SSSR count). The Labute approximate surface area is 122 Å². The van der Waals surface area contributed by atoms with E-state index in [2.05, 4.69) is 0 Å². The van der Waals surface area contributed by atoms with Gasteiger partial charge in [-0.2, -0.15) is 0 Å². The second-order valence-electron chi connectivity index (χ2n) is 6.25. The molecule has 4 N–H and O–H groups in total. The summed E-state index contributed by atoms with van der Waals surface area (Å²) in [4.78, 5) is 25.1. The molecule has 2 amide bonds. The van der Waals surface area contributed by atoms with Crippen LogP contribution in [0.15, 0.2) is 0 Å². The Bertz CT molecular complexity index is 323. The van der Waals surface area contributed by atoms with Gasteiger partial charge in [0.1, 0.15) is 0 Å². The van der Waals surface area contributed by atoms with Gasteiger partial charge in [-0.3, -0.25) is 9.59 Å². The number of rotatable bonds is 7. The van der Waals surface area contributed by atoms with E-state index in [1.54, 1.807) is 0 Å². The second-order valence-corrected chi connectivity index (χ2v) is 6.25. The third-order valence-corrected chi connectivity index (χ3v) is 4.13. The molecule has 1 saturated heterocycles. The fraction of sp³-hybridized carbons (Fsp3) is 0.867. The maximum absolute atomic E-state index is 12.3. The van der Waals surface area contributed by atoms with Crippen LogP contribution >= 0.6 is 0 Å². The average Bonchev–Trinajstić information content (AvgIpc) is 2.37. The Hall–Kier alpha value is -1.10. The highest BCUT2D eigenvalue weighted by molar-refractivity contribution is 5.78.